The Morgan fingerprint density at radius 3 is 2.59 bits per heavy atom. The minimum absolute atomic E-state index is 0.0703. The number of halogens is 3. The van der Waals surface area contributed by atoms with E-state index in [0.29, 0.717) is 43.1 Å². The van der Waals surface area contributed by atoms with Gasteiger partial charge in [-0.2, -0.15) is 13.2 Å². The Bertz CT molecular complexity index is 1400. The van der Waals surface area contributed by atoms with Gasteiger partial charge in [0.2, 0.25) is 5.91 Å². The topological polar surface area (TPSA) is 112 Å². The molecule has 0 unspecified atom stereocenters. The van der Waals surface area contributed by atoms with Crippen molar-refractivity contribution in [2.75, 3.05) is 31.6 Å². The summed E-state index contributed by atoms with van der Waals surface area (Å²) in [6.45, 7) is -0.964. The number of rotatable bonds is 6. The van der Waals surface area contributed by atoms with Crippen LogP contribution in [0.25, 0.3) is 0 Å². The monoisotopic (exact) mass is 570 g/mol. The first kappa shape index (κ1) is 29.4. The smallest absolute Gasteiger partial charge is 0.416 e. The van der Waals surface area contributed by atoms with Gasteiger partial charge in [-0.05, 0) is 61.2 Å². The average molecular weight is 571 g/mol. The van der Waals surface area contributed by atoms with E-state index in [-0.39, 0.29) is 24.3 Å². The van der Waals surface area contributed by atoms with Crippen molar-refractivity contribution in [1.29, 1.82) is 0 Å². The molecule has 0 spiro atoms. The van der Waals surface area contributed by atoms with Gasteiger partial charge < -0.3 is 25.0 Å². The molecule has 0 radical (unpaired) electrons. The van der Waals surface area contributed by atoms with Crippen molar-refractivity contribution >= 4 is 29.3 Å². The van der Waals surface area contributed by atoms with E-state index in [1.165, 1.54) is 23.1 Å². The standard InChI is InChI=1S/C29H29F3N4O5/c30-29(31,32)21-9-6-8-20(16-21)17-36(19-27(38)39)26(37)18-35-14-4-1-5-15-41-24-12-3-2-10-22(24)33-25-13-7-11-23(34-25)28(35)40/h2-3,6-13,16H,1,4-5,14-15,17-19H2,(H,33,34)(H,38,39). The molecule has 41 heavy (non-hydrogen) atoms. The number of alkyl halides is 3. The number of carboxylic acids is 1. The molecule has 9 nitrogen and oxygen atoms in total. The summed E-state index contributed by atoms with van der Waals surface area (Å²) in [5, 5.41) is 12.5. The first-order valence-electron chi connectivity index (χ1n) is 13.0. The number of carboxylic acid groups (broad SMARTS) is 1. The van der Waals surface area contributed by atoms with E-state index in [9.17, 15) is 32.7 Å². The molecular formula is C29H29F3N4O5. The molecule has 2 bridgehead atoms. The Morgan fingerprint density at radius 1 is 1.02 bits per heavy atom. The van der Waals surface area contributed by atoms with Crippen molar-refractivity contribution in [1.82, 2.24) is 14.8 Å². The number of aliphatic carboxylic acids is 1. The molecule has 0 saturated heterocycles. The number of pyridine rings is 1. The van der Waals surface area contributed by atoms with E-state index in [2.05, 4.69) is 10.3 Å². The number of carbonyl (C=O) groups excluding carboxylic acids is 2. The third kappa shape index (κ3) is 8.19. The van der Waals surface area contributed by atoms with Crippen LogP contribution < -0.4 is 10.1 Å². The largest absolute Gasteiger partial charge is 0.491 e. The molecule has 12 heteroatoms. The van der Waals surface area contributed by atoms with Crippen molar-refractivity contribution < 1.29 is 37.4 Å². The number of aromatic nitrogens is 1. The maximum Gasteiger partial charge on any atom is 0.416 e. The summed E-state index contributed by atoms with van der Waals surface area (Å²) in [5.74, 6) is -1.55. The lowest BCUT2D eigenvalue weighted by Crippen LogP contribution is -2.45. The Labute approximate surface area is 234 Å². The second-order valence-electron chi connectivity index (χ2n) is 9.51. The van der Waals surface area contributed by atoms with Crippen LogP contribution in [0.15, 0.2) is 66.7 Å². The third-order valence-electron chi connectivity index (χ3n) is 6.37. The van der Waals surface area contributed by atoms with Crippen molar-refractivity contribution in [3.05, 3.63) is 83.6 Å². The molecule has 3 aromatic rings. The molecule has 1 aliphatic heterocycles. The van der Waals surface area contributed by atoms with Crippen molar-refractivity contribution in [3.63, 3.8) is 0 Å². The van der Waals surface area contributed by atoms with E-state index >= 15 is 0 Å². The molecule has 4 rings (SSSR count). The quantitative estimate of drug-likeness (QED) is 0.431. The normalized spacial score (nSPS) is 14.2. The summed E-state index contributed by atoms with van der Waals surface area (Å²) in [5.41, 5.74) is -0.0511. The number of ether oxygens (including phenoxy) is 1. The molecule has 0 atom stereocenters. The van der Waals surface area contributed by atoms with Gasteiger partial charge in [0.1, 0.15) is 30.4 Å². The van der Waals surface area contributed by atoms with Crippen LogP contribution in [-0.4, -0.2) is 63.9 Å². The molecule has 0 saturated carbocycles. The molecule has 0 fully saturated rings. The Morgan fingerprint density at radius 2 is 1.80 bits per heavy atom. The number of nitrogens with one attached hydrogen (secondary N) is 1. The number of fused-ring (bicyclic) bond motifs is 3. The van der Waals surface area contributed by atoms with E-state index < -0.39 is 42.6 Å². The summed E-state index contributed by atoms with van der Waals surface area (Å²) in [6.07, 6.45) is -2.68. The van der Waals surface area contributed by atoms with Crippen molar-refractivity contribution in [3.8, 4) is 5.75 Å². The first-order chi connectivity index (χ1) is 19.6. The lowest BCUT2D eigenvalue weighted by Gasteiger charge is -2.27. The highest BCUT2D eigenvalue weighted by atomic mass is 19.4. The maximum atomic E-state index is 13.5. The van der Waals surface area contributed by atoms with Gasteiger partial charge in [0.25, 0.3) is 5.91 Å². The SMILES string of the molecule is O=C(O)CN(Cc1cccc(C(F)(F)F)c1)C(=O)CN1CCCCCOc2ccccc2Nc2cccc(n2)C1=O. The van der Waals surface area contributed by atoms with Crippen LogP contribution in [0.4, 0.5) is 24.7 Å². The fourth-order valence-electron chi connectivity index (χ4n) is 4.36. The number of hydrogen-bond acceptors (Lipinski definition) is 6. The Kier molecular flexibility index (Phi) is 9.43. The summed E-state index contributed by atoms with van der Waals surface area (Å²) < 4.78 is 45.5. The molecule has 0 aliphatic carbocycles. The van der Waals surface area contributed by atoms with Crippen molar-refractivity contribution in [2.45, 2.75) is 32.0 Å². The highest BCUT2D eigenvalue weighted by molar-refractivity contribution is 5.95. The summed E-state index contributed by atoms with van der Waals surface area (Å²) in [4.78, 5) is 45.0. The number of para-hydroxylation sites is 2. The minimum atomic E-state index is -4.59. The van der Waals surface area contributed by atoms with Crippen LogP contribution in [0.2, 0.25) is 0 Å². The maximum absolute atomic E-state index is 13.5. The van der Waals surface area contributed by atoms with Crippen LogP contribution >= 0.6 is 0 Å². The van der Waals surface area contributed by atoms with Gasteiger partial charge in [0, 0.05) is 13.1 Å². The molecule has 2 N–H and O–H groups in total. The summed E-state index contributed by atoms with van der Waals surface area (Å²) in [6, 6.07) is 16.5. The predicted octanol–water partition coefficient (Wildman–Crippen LogP) is 4.96. The number of benzene rings is 2. The molecule has 2 amide bonds. The molecule has 2 heterocycles. The fraction of sp³-hybridized carbons (Fsp3) is 0.310. The van der Waals surface area contributed by atoms with Crippen LogP contribution in [0.1, 0.15) is 40.9 Å². The number of hydrogen-bond donors (Lipinski definition) is 2. The number of amides is 2. The number of anilines is 2. The predicted molar refractivity (Wildman–Crippen MR) is 144 cm³/mol. The van der Waals surface area contributed by atoms with Crippen LogP contribution in [0, 0.1) is 0 Å². The summed E-state index contributed by atoms with van der Waals surface area (Å²) >= 11 is 0. The second-order valence-corrected chi connectivity index (χ2v) is 9.51. The third-order valence-corrected chi connectivity index (χ3v) is 6.37. The molecule has 1 aliphatic rings. The summed E-state index contributed by atoms with van der Waals surface area (Å²) in [7, 11) is 0. The lowest BCUT2D eigenvalue weighted by molar-refractivity contribution is -0.145. The van der Waals surface area contributed by atoms with Gasteiger partial charge in [0.15, 0.2) is 0 Å². The lowest BCUT2D eigenvalue weighted by atomic mass is 10.1. The molecular weight excluding hydrogens is 541 g/mol. The van der Waals surface area contributed by atoms with E-state index in [4.69, 9.17) is 4.74 Å². The fourth-order valence-corrected chi connectivity index (χ4v) is 4.36. The zero-order chi connectivity index (χ0) is 29.4. The van der Waals surface area contributed by atoms with Gasteiger partial charge in [-0.3, -0.25) is 14.4 Å². The van der Waals surface area contributed by atoms with Gasteiger partial charge >= 0.3 is 12.1 Å². The van der Waals surface area contributed by atoms with Crippen molar-refractivity contribution in [2.24, 2.45) is 0 Å². The molecule has 216 valence electrons. The van der Waals surface area contributed by atoms with Crippen LogP contribution in [0.3, 0.4) is 0 Å². The second kappa shape index (κ2) is 13.2. The number of nitrogens with zero attached hydrogens (tertiary/aromatic N) is 3. The number of carbonyl (C=O) groups is 3. The average Bonchev–Trinajstić information content (AvgIpc) is 2.93. The van der Waals surface area contributed by atoms with E-state index in [1.807, 2.05) is 24.3 Å². The molecule has 1 aromatic heterocycles. The molecule has 2 aromatic carbocycles. The first-order valence-corrected chi connectivity index (χ1v) is 13.0. The van der Waals surface area contributed by atoms with Crippen LogP contribution in [0.5, 0.6) is 5.75 Å². The van der Waals surface area contributed by atoms with Gasteiger partial charge in [-0.15, -0.1) is 0 Å². The van der Waals surface area contributed by atoms with E-state index in [0.717, 1.165) is 17.0 Å². The zero-order valence-electron chi connectivity index (χ0n) is 22.1. The Balaban J connectivity index is 1.56. The minimum Gasteiger partial charge on any atom is -0.491 e. The van der Waals surface area contributed by atoms with Crippen LogP contribution in [-0.2, 0) is 22.3 Å². The zero-order valence-corrected chi connectivity index (χ0v) is 22.1. The van der Waals surface area contributed by atoms with Gasteiger partial charge in [-0.1, -0.05) is 30.3 Å². The van der Waals surface area contributed by atoms with Gasteiger partial charge in [-0.25, -0.2) is 4.98 Å². The van der Waals surface area contributed by atoms with E-state index in [1.54, 1.807) is 12.1 Å². The highest BCUT2D eigenvalue weighted by Crippen LogP contribution is 2.30. The van der Waals surface area contributed by atoms with Gasteiger partial charge in [0.05, 0.1) is 17.9 Å². The highest BCUT2D eigenvalue weighted by Gasteiger charge is 2.31. The Hall–Kier alpha value is -4.61.